The molecule has 4 rings (SSSR count). The number of piperidine rings is 1. The number of hydrogen-bond acceptors (Lipinski definition) is 3. The molecule has 1 fully saturated rings. The van der Waals surface area contributed by atoms with Crippen LogP contribution < -0.4 is 4.74 Å². The Morgan fingerprint density at radius 3 is 2.55 bits per heavy atom. The minimum absolute atomic E-state index is 0.0660. The lowest BCUT2D eigenvalue weighted by Crippen LogP contribution is -2.39. The second kappa shape index (κ2) is 8.66. The third-order valence-electron chi connectivity index (χ3n) is 5.85. The number of carbonyl (C=O) groups is 1. The van der Waals surface area contributed by atoms with Crippen molar-refractivity contribution in [2.75, 3.05) is 19.7 Å². The molecule has 1 heterocycles. The summed E-state index contributed by atoms with van der Waals surface area (Å²) in [7, 11) is 0. The van der Waals surface area contributed by atoms with E-state index in [1.807, 2.05) is 19.1 Å². The van der Waals surface area contributed by atoms with Gasteiger partial charge in [0.2, 0.25) is 0 Å². The minimum atomic E-state index is -0.676. The maximum absolute atomic E-state index is 11.4. The molecule has 150 valence electrons. The molecule has 1 N–H and O–H groups in total. The van der Waals surface area contributed by atoms with Crippen molar-refractivity contribution in [2.24, 2.45) is 5.92 Å². The highest BCUT2D eigenvalue weighted by Gasteiger charge is 2.31. The van der Waals surface area contributed by atoms with Crippen LogP contribution in [0.1, 0.15) is 36.9 Å². The summed E-state index contributed by atoms with van der Waals surface area (Å²) in [6.07, 6.45) is 1.36. The average Bonchev–Trinajstić information content (AvgIpc) is 2.75. The summed E-state index contributed by atoms with van der Waals surface area (Å²) in [5, 5.41) is 11.9. The van der Waals surface area contributed by atoms with Gasteiger partial charge in [-0.25, -0.2) is 0 Å². The molecule has 3 aromatic rings. The van der Waals surface area contributed by atoms with Crippen LogP contribution in [0.5, 0.6) is 5.75 Å². The fourth-order valence-electron chi connectivity index (χ4n) is 4.42. The van der Waals surface area contributed by atoms with Gasteiger partial charge in [0.25, 0.3) is 0 Å². The van der Waals surface area contributed by atoms with E-state index in [1.54, 1.807) is 0 Å². The first-order valence-electron chi connectivity index (χ1n) is 10.3. The lowest BCUT2D eigenvalue weighted by atomic mass is 9.89. The number of fused-ring (bicyclic) bond motifs is 1. The van der Waals surface area contributed by atoms with Gasteiger partial charge in [0.1, 0.15) is 5.75 Å². The largest absolute Gasteiger partial charge is 0.494 e. The Balaban J connectivity index is 1.77. The molecule has 0 amide bonds. The van der Waals surface area contributed by atoms with Gasteiger partial charge in [-0.05, 0) is 66.9 Å². The molecule has 0 bridgehead atoms. The number of likely N-dealkylation sites (tertiary alicyclic amines) is 1. The fourth-order valence-corrected chi connectivity index (χ4v) is 4.42. The van der Waals surface area contributed by atoms with E-state index in [0.717, 1.165) is 18.8 Å². The maximum Gasteiger partial charge on any atom is 0.306 e. The Kier molecular flexibility index (Phi) is 5.81. The number of carboxylic acids is 1. The van der Waals surface area contributed by atoms with Crippen LogP contribution in [0.15, 0.2) is 66.7 Å². The summed E-state index contributed by atoms with van der Waals surface area (Å²) in [6, 6.07) is 23.3. The molecule has 1 saturated heterocycles. The summed E-state index contributed by atoms with van der Waals surface area (Å²) >= 11 is 0. The maximum atomic E-state index is 11.4. The van der Waals surface area contributed by atoms with Gasteiger partial charge in [-0.3, -0.25) is 9.69 Å². The van der Waals surface area contributed by atoms with Crippen molar-refractivity contribution in [3.05, 3.63) is 77.9 Å². The second-order valence-electron chi connectivity index (χ2n) is 7.62. The number of hydrogen-bond donors (Lipinski definition) is 1. The first kappa shape index (κ1) is 19.5. The zero-order chi connectivity index (χ0) is 20.2. The molecule has 4 nitrogen and oxygen atoms in total. The van der Waals surface area contributed by atoms with Crippen molar-refractivity contribution in [1.29, 1.82) is 0 Å². The standard InChI is InChI=1S/C25H27NO3/c1-2-29-21-10-5-9-20(17-21)24(26-15-13-19(14-16-26)25(27)28)23-12-6-8-18-7-3-4-11-22(18)23/h3-12,17,19,24H,2,13-16H2,1H3,(H,27,28). The molecule has 1 unspecified atom stereocenters. The monoisotopic (exact) mass is 389 g/mol. The van der Waals surface area contributed by atoms with Crippen LogP contribution in [0.4, 0.5) is 0 Å². The highest BCUT2D eigenvalue weighted by atomic mass is 16.5. The predicted octanol–water partition coefficient (Wildman–Crippen LogP) is 5.12. The molecule has 0 spiro atoms. The molecule has 0 aromatic heterocycles. The minimum Gasteiger partial charge on any atom is -0.494 e. The lowest BCUT2D eigenvalue weighted by Gasteiger charge is -2.37. The first-order valence-corrected chi connectivity index (χ1v) is 10.3. The van der Waals surface area contributed by atoms with Crippen LogP contribution in [0.2, 0.25) is 0 Å². The van der Waals surface area contributed by atoms with Crippen molar-refractivity contribution in [1.82, 2.24) is 4.90 Å². The Bertz CT molecular complexity index is 987. The van der Waals surface area contributed by atoms with Gasteiger partial charge in [0, 0.05) is 0 Å². The number of ether oxygens (including phenoxy) is 1. The zero-order valence-corrected chi connectivity index (χ0v) is 16.8. The van der Waals surface area contributed by atoms with Gasteiger partial charge in [0.15, 0.2) is 0 Å². The van der Waals surface area contributed by atoms with Crippen LogP contribution in [0.25, 0.3) is 10.8 Å². The number of aliphatic carboxylic acids is 1. The molecule has 3 aromatic carbocycles. The van der Waals surface area contributed by atoms with Gasteiger partial charge in [-0.2, -0.15) is 0 Å². The van der Waals surface area contributed by atoms with E-state index in [0.29, 0.717) is 19.4 Å². The van der Waals surface area contributed by atoms with E-state index in [4.69, 9.17) is 4.74 Å². The van der Waals surface area contributed by atoms with Gasteiger partial charge in [-0.1, -0.05) is 54.6 Å². The van der Waals surface area contributed by atoms with Crippen LogP contribution >= 0.6 is 0 Å². The quantitative estimate of drug-likeness (QED) is 0.635. The van der Waals surface area contributed by atoms with E-state index in [2.05, 4.69) is 59.5 Å². The van der Waals surface area contributed by atoms with Crippen LogP contribution in [-0.2, 0) is 4.79 Å². The van der Waals surface area contributed by atoms with Gasteiger partial charge in [-0.15, -0.1) is 0 Å². The molecular weight excluding hydrogens is 362 g/mol. The third-order valence-corrected chi connectivity index (χ3v) is 5.85. The lowest BCUT2D eigenvalue weighted by molar-refractivity contribution is -0.143. The number of benzene rings is 3. The average molecular weight is 389 g/mol. The molecule has 1 atom stereocenters. The predicted molar refractivity (Wildman–Crippen MR) is 115 cm³/mol. The van der Waals surface area contributed by atoms with Crippen LogP contribution in [-0.4, -0.2) is 35.7 Å². The molecule has 0 aliphatic carbocycles. The fraction of sp³-hybridized carbons (Fsp3) is 0.320. The van der Waals surface area contributed by atoms with Crippen LogP contribution in [0.3, 0.4) is 0 Å². The number of nitrogens with zero attached hydrogens (tertiary/aromatic N) is 1. The van der Waals surface area contributed by atoms with Crippen molar-refractivity contribution in [2.45, 2.75) is 25.8 Å². The Morgan fingerprint density at radius 2 is 1.79 bits per heavy atom. The van der Waals surface area contributed by atoms with E-state index in [-0.39, 0.29) is 12.0 Å². The molecule has 4 heteroatoms. The smallest absolute Gasteiger partial charge is 0.306 e. The summed E-state index contributed by atoms with van der Waals surface area (Å²) in [4.78, 5) is 13.9. The summed E-state index contributed by atoms with van der Waals surface area (Å²) in [6.45, 7) is 4.16. The number of carboxylic acid groups (broad SMARTS) is 1. The van der Waals surface area contributed by atoms with E-state index in [9.17, 15) is 9.90 Å². The second-order valence-corrected chi connectivity index (χ2v) is 7.62. The summed E-state index contributed by atoms with van der Waals surface area (Å²) in [5.74, 6) is -0.0467. The zero-order valence-electron chi connectivity index (χ0n) is 16.8. The van der Waals surface area contributed by atoms with Gasteiger partial charge < -0.3 is 9.84 Å². The molecule has 0 radical (unpaired) electrons. The molecular formula is C25H27NO3. The SMILES string of the molecule is CCOc1cccc(C(c2cccc3ccccc23)N2CCC(C(=O)O)CC2)c1. The van der Waals surface area contributed by atoms with Gasteiger partial charge >= 0.3 is 5.97 Å². The molecule has 29 heavy (non-hydrogen) atoms. The van der Waals surface area contributed by atoms with E-state index < -0.39 is 5.97 Å². The van der Waals surface area contributed by atoms with E-state index in [1.165, 1.54) is 21.9 Å². The Morgan fingerprint density at radius 1 is 1.07 bits per heavy atom. The van der Waals surface area contributed by atoms with Crippen molar-refractivity contribution < 1.29 is 14.6 Å². The van der Waals surface area contributed by atoms with Crippen molar-refractivity contribution >= 4 is 16.7 Å². The van der Waals surface area contributed by atoms with Crippen molar-refractivity contribution in [3.8, 4) is 5.75 Å². The summed E-state index contributed by atoms with van der Waals surface area (Å²) in [5.41, 5.74) is 2.44. The highest BCUT2D eigenvalue weighted by molar-refractivity contribution is 5.86. The first-order chi connectivity index (χ1) is 14.2. The number of rotatable bonds is 6. The summed E-state index contributed by atoms with van der Waals surface area (Å²) < 4.78 is 5.76. The highest BCUT2D eigenvalue weighted by Crippen LogP contribution is 2.37. The Hall–Kier alpha value is -2.85. The topological polar surface area (TPSA) is 49.8 Å². The Labute approximate surface area is 171 Å². The van der Waals surface area contributed by atoms with E-state index >= 15 is 0 Å². The molecule has 1 aliphatic rings. The van der Waals surface area contributed by atoms with Gasteiger partial charge in [0.05, 0.1) is 18.6 Å². The molecule has 0 saturated carbocycles. The normalized spacial score (nSPS) is 16.6. The third kappa shape index (κ3) is 4.13. The molecule has 1 aliphatic heterocycles. The van der Waals surface area contributed by atoms with Crippen molar-refractivity contribution in [3.63, 3.8) is 0 Å². The van der Waals surface area contributed by atoms with Crippen LogP contribution in [0, 0.1) is 5.92 Å².